The quantitative estimate of drug-likeness (QED) is 0.599. The Labute approximate surface area is 85.5 Å². The molecule has 0 aliphatic heterocycles. The summed E-state index contributed by atoms with van der Waals surface area (Å²) in [6.45, 7) is 1.87. The van der Waals surface area contributed by atoms with E-state index in [9.17, 15) is 4.79 Å². The topological polar surface area (TPSA) is 52.3 Å². The van der Waals surface area contributed by atoms with Gasteiger partial charge in [-0.05, 0) is 13.0 Å². The summed E-state index contributed by atoms with van der Waals surface area (Å²) in [6, 6.07) is 1.66. The number of hydrogen-bond acceptors (Lipinski definition) is 4. The van der Waals surface area contributed by atoms with Crippen molar-refractivity contribution in [3.05, 3.63) is 21.4 Å². The molecule has 3 nitrogen and oxygen atoms in total. The van der Waals surface area contributed by atoms with Crippen LogP contribution in [0.1, 0.15) is 20.1 Å². The molecule has 5 heteroatoms. The summed E-state index contributed by atoms with van der Waals surface area (Å²) in [6.07, 6.45) is 0. The normalized spacial score (nSPS) is 9.69. The van der Waals surface area contributed by atoms with Gasteiger partial charge in [0.2, 0.25) is 0 Å². The molecule has 0 saturated heterocycles. The molecule has 1 heterocycles. The maximum absolute atomic E-state index is 11.1. The molecule has 70 valence electrons. The fourth-order valence-electron chi connectivity index (χ4n) is 0.928. The molecule has 0 spiro atoms. The number of ether oxygens (including phenoxy) is 1. The average molecular weight is 215 g/mol. The van der Waals surface area contributed by atoms with Gasteiger partial charge in [0.25, 0.3) is 0 Å². The molecule has 0 atom stereocenters. The zero-order valence-corrected chi connectivity index (χ0v) is 8.92. The Morgan fingerprint density at radius 2 is 2.31 bits per heavy atom. The number of nitrogens with two attached hydrogens (primary N) is 1. The summed E-state index contributed by atoms with van der Waals surface area (Å²) in [5.74, 6) is -0.351. The van der Waals surface area contributed by atoms with Crippen LogP contribution in [0.5, 0.6) is 0 Å². The van der Waals surface area contributed by atoms with Crippen LogP contribution in [0.4, 0.5) is 0 Å². The Morgan fingerprint density at radius 1 is 1.69 bits per heavy atom. The third-order valence-electron chi connectivity index (χ3n) is 1.57. The highest BCUT2D eigenvalue weighted by Crippen LogP contribution is 2.21. The highest BCUT2D eigenvalue weighted by Gasteiger charge is 2.13. The summed E-state index contributed by atoms with van der Waals surface area (Å²) in [7, 11) is 1.35. The smallest absolute Gasteiger partial charge is 0.348 e. The minimum Gasteiger partial charge on any atom is -0.465 e. The first-order valence-electron chi connectivity index (χ1n) is 3.54. The second-order valence-electron chi connectivity index (χ2n) is 2.44. The van der Waals surface area contributed by atoms with E-state index in [0.29, 0.717) is 9.87 Å². The van der Waals surface area contributed by atoms with Crippen molar-refractivity contribution < 1.29 is 9.53 Å². The van der Waals surface area contributed by atoms with E-state index >= 15 is 0 Å². The molecule has 0 aliphatic rings. The first kappa shape index (κ1) is 10.1. The molecule has 0 amide bonds. The lowest BCUT2D eigenvalue weighted by molar-refractivity contribution is 0.0606. The number of aryl methyl sites for hydroxylation is 1. The molecule has 0 bridgehead atoms. The SMILES string of the molecule is COC(=O)c1cc(C(N)=S)c(C)s1. The molecule has 0 fully saturated rings. The van der Waals surface area contributed by atoms with Crippen LogP contribution in [0.25, 0.3) is 0 Å². The molecule has 1 rings (SSSR count). The largest absolute Gasteiger partial charge is 0.465 e. The lowest BCUT2D eigenvalue weighted by Crippen LogP contribution is -2.09. The fourth-order valence-corrected chi connectivity index (χ4v) is 2.16. The summed E-state index contributed by atoms with van der Waals surface area (Å²) in [5.41, 5.74) is 6.21. The number of hydrogen-bond donors (Lipinski definition) is 1. The highest BCUT2D eigenvalue weighted by atomic mass is 32.1. The van der Waals surface area contributed by atoms with Gasteiger partial charge in [-0.3, -0.25) is 0 Å². The number of thiocarbonyl (C=S) groups is 1. The Hall–Kier alpha value is -0.940. The lowest BCUT2D eigenvalue weighted by atomic mass is 10.2. The standard InChI is InChI=1S/C8H9NO2S2/c1-4-5(7(9)12)3-6(13-4)8(10)11-2/h3H,1-2H3,(H2,9,12). The zero-order chi connectivity index (χ0) is 10.0. The molecule has 0 aliphatic carbocycles. The fraction of sp³-hybridized carbons (Fsp3) is 0.250. The van der Waals surface area contributed by atoms with Gasteiger partial charge in [-0.2, -0.15) is 0 Å². The Balaban J connectivity index is 3.09. The average Bonchev–Trinajstić information content (AvgIpc) is 2.46. The highest BCUT2D eigenvalue weighted by molar-refractivity contribution is 7.80. The Kier molecular flexibility index (Phi) is 3.00. The van der Waals surface area contributed by atoms with Crippen LogP contribution >= 0.6 is 23.6 Å². The van der Waals surface area contributed by atoms with Gasteiger partial charge in [0.05, 0.1) is 7.11 Å². The van der Waals surface area contributed by atoms with Crippen molar-refractivity contribution in [3.63, 3.8) is 0 Å². The van der Waals surface area contributed by atoms with Crippen molar-refractivity contribution in [2.24, 2.45) is 5.73 Å². The molecule has 0 radical (unpaired) electrons. The number of methoxy groups -OCH3 is 1. The van der Waals surface area contributed by atoms with Crippen molar-refractivity contribution in [1.29, 1.82) is 0 Å². The predicted octanol–water partition coefficient (Wildman–Crippen LogP) is 1.48. The third kappa shape index (κ3) is 2.05. The van der Waals surface area contributed by atoms with Crippen LogP contribution < -0.4 is 5.73 Å². The van der Waals surface area contributed by atoms with Crippen molar-refractivity contribution in [1.82, 2.24) is 0 Å². The van der Waals surface area contributed by atoms with Crippen molar-refractivity contribution in [3.8, 4) is 0 Å². The monoisotopic (exact) mass is 215 g/mol. The van der Waals surface area contributed by atoms with Gasteiger partial charge in [-0.1, -0.05) is 12.2 Å². The van der Waals surface area contributed by atoms with Crippen molar-refractivity contribution >= 4 is 34.5 Å². The summed E-state index contributed by atoms with van der Waals surface area (Å²) in [4.78, 5) is 12.9. The zero-order valence-electron chi connectivity index (χ0n) is 7.29. The van der Waals surface area contributed by atoms with E-state index in [4.69, 9.17) is 18.0 Å². The minimum absolute atomic E-state index is 0.309. The first-order chi connectivity index (χ1) is 6.06. The first-order valence-corrected chi connectivity index (χ1v) is 4.77. The van der Waals surface area contributed by atoms with E-state index in [1.54, 1.807) is 6.07 Å². The summed E-state index contributed by atoms with van der Waals surface area (Å²) < 4.78 is 4.57. The van der Waals surface area contributed by atoms with Gasteiger partial charge >= 0.3 is 5.97 Å². The number of rotatable bonds is 2. The molecular weight excluding hydrogens is 206 g/mol. The van der Waals surface area contributed by atoms with Gasteiger partial charge in [-0.15, -0.1) is 11.3 Å². The molecule has 13 heavy (non-hydrogen) atoms. The predicted molar refractivity (Wildman–Crippen MR) is 56.3 cm³/mol. The molecule has 1 aromatic heterocycles. The van der Waals surface area contributed by atoms with E-state index in [-0.39, 0.29) is 5.97 Å². The van der Waals surface area contributed by atoms with E-state index in [1.807, 2.05) is 6.92 Å². The maximum Gasteiger partial charge on any atom is 0.348 e. The molecule has 0 aromatic carbocycles. The van der Waals surface area contributed by atoms with Gasteiger partial charge in [0, 0.05) is 10.4 Å². The lowest BCUT2D eigenvalue weighted by Gasteiger charge is -1.92. The summed E-state index contributed by atoms with van der Waals surface area (Å²) in [5, 5.41) is 0. The van der Waals surface area contributed by atoms with Crippen LogP contribution in [0.2, 0.25) is 0 Å². The molecule has 2 N–H and O–H groups in total. The third-order valence-corrected chi connectivity index (χ3v) is 2.82. The number of carbonyl (C=O) groups is 1. The Bertz CT molecular complexity index is 357. The van der Waals surface area contributed by atoms with Crippen LogP contribution in [-0.4, -0.2) is 18.1 Å². The van der Waals surface area contributed by atoms with Gasteiger partial charge in [0.1, 0.15) is 9.87 Å². The van der Waals surface area contributed by atoms with Gasteiger partial charge in [-0.25, -0.2) is 4.79 Å². The van der Waals surface area contributed by atoms with Crippen LogP contribution in [0.3, 0.4) is 0 Å². The maximum atomic E-state index is 11.1. The second kappa shape index (κ2) is 3.85. The van der Waals surface area contributed by atoms with Crippen LogP contribution in [-0.2, 0) is 4.74 Å². The van der Waals surface area contributed by atoms with Crippen molar-refractivity contribution in [2.75, 3.05) is 7.11 Å². The van der Waals surface area contributed by atoms with Gasteiger partial charge < -0.3 is 10.5 Å². The summed E-state index contributed by atoms with van der Waals surface area (Å²) >= 11 is 6.15. The van der Waals surface area contributed by atoms with E-state index < -0.39 is 0 Å². The molecule has 1 aromatic rings. The minimum atomic E-state index is -0.351. The molecular formula is C8H9NO2S2. The molecule has 0 saturated carbocycles. The van der Waals surface area contributed by atoms with E-state index in [0.717, 1.165) is 10.4 Å². The number of thiophene rings is 1. The number of carbonyl (C=O) groups excluding carboxylic acids is 1. The van der Waals surface area contributed by atoms with Crippen LogP contribution in [0, 0.1) is 6.92 Å². The van der Waals surface area contributed by atoms with Crippen molar-refractivity contribution in [2.45, 2.75) is 6.92 Å². The van der Waals surface area contributed by atoms with E-state index in [1.165, 1.54) is 18.4 Å². The number of esters is 1. The van der Waals surface area contributed by atoms with Crippen LogP contribution in [0.15, 0.2) is 6.07 Å². The van der Waals surface area contributed by atoms with Gasteiger partial charge in [0.15, 0.2) is 0 Å². The Morgan fingerprint density at radius 3 is 2.69 bits per heavy atom. The second-order valence-corrected chi connectivity index (χ2v) is 4.13. The molecule has 0 unspecified atom stereocenters. The van der Waals surface area contributed by atoms with E-state index in [2.05, 4.69) is 4.74 Å².